The number of aryl methyl sites for hydroxylation is 3. The minimum atomic E-state index is 0.408. The minimum absolute atomic E-state index is 0.408. The van der Waals surface area contributed by atoms with Crippen molar-refractivity contribution in [1.82, 2.24) is 14.8 Å². The predicted octanol–water partition coefficient (Wildman–Crippen LogP) is 4.25. The largest absolute Gasteiger partial charge is 0.268 e. The Labute approximate surface area is 120 Å². The SMILES string of the molecule is CCCc1nnc(Cl)n1-c1c(C)cc(C)cc1Br. The number of benzene rings is 1. The molecule has 0 aliphatic rings. The van der Waals surface area contributed by atoms with Gasteiger partial charge in [0, 0.05) is 10.9 Å². The molecule has 0 spiro atoms. The van der Waals surface area contributed by atoms with E-state index in [1.807, 2.05) is 4.57 Å². The topological polar surface area (TPSA) is 30.7 Å². The van der Waals surface area contributed by atoms with Crippen LogP contribution >= 0.6 is 27.5 Å². The first kappa shape index (κ1) is 13.6. The van der Waals surface area contributed by atoms with Gasteiger partial charge >= 0.3 is 0 Å². The zero-order valence-electron chi connectivity index (χ0n) is 10.7. The number of hydrogen-bond donors (Lipinski definition) is 0. The molecule has 0 N–H and O–H groups in total. The van der Waals surface area contributed by atoms with Crippen LogP contribution in [0.1, 0.15) is 30.3 Å². The van der Waals surface area contributed by atoms with Gasteiger partial charge in [0.2, 0.25) is 5.28 Å². The molecule has 0 radical (unpaired) electrons. The van der Waals surface area contributed by atoms with Crippen molar-refractivity contribution in [2.24, 2.45) is 0 Å². The fraction of sp³-hybridized carbons (Fsp3) is 0.385. The molecule has 5 heteroatoms. The Balaban J connectivity index is 2.65. The van der Waals surface area contributed by atoms with E-state index < -0.39 is 0 Å². The molecule has 0 fully saturated rings. The summed E-state index contributed by atoms with van der Waals surface area (Å²) >= 11 is 9.77. The van der Waals surface area contributed by atoms with Gasteiger partial charge in [-0.15, -0.1) is 10.2 Å². The summed E-state index contributed by atoms with van der Waals surface area (Å²) in [5, 5.41) is 8.53. The molecule has 0 aliphatic carbocycles. The summed E-state index contributed by atoms with van der Waals surface area (Å²) in [5.41, 5.74) is 3.39. The van der Waals surface area contributed by atoms with Crippen LogP contribution in [-0.2, 0) is 6.42 Å². The van der Waals surface area contributed by atoms with E-state index in [4.69, 9.17) is 11.6 Å². The Kier molecular flexibility index (Phi) is 4.07. The van der Waals surface area contributed by atoms with Crippen molar-refractivity contribution in [2.45, 2.75) is 33.6 Å². The molecule has 2 rings (SSSR count). The van der Waals surface area contributed by atoms with Crippen LogP contribution in [-0.4, -0.2) is 14.8 Å². The fourth-order valence-electron chi connectivity index (χ4n) is 2.09. The van der Waals surface area contributed by atoms with Crippen molar-refractivity contribution in [3.63, 3.8) is 0 Å². The summed E-state index contributed by atoms with van der Waals surface area (Å²) in [4.78, 5) is 0. The van der Waals surface area contributed by atoms with E-state index in [0.29, 0.717) is 5.28 Å². The normalized spacial score (nSPS) is 10.9. The highest BCUT2D eigenvalue weighted by atomic mass is 79.9. The van der Waals surface area contributed by atoms with E-state index >= 15 is 0 Å². The molecule has 1 aromatic carbocycles. The average Bonchev–Trinajstić information content (AvgIpc) is 2.61. The first-order chi connectivity index (χ1) is 8.54. The molecule has 0 saturated heterocycles. The maximum atomic E-state index is 6.17. The Hall–Kier alpha value is -0.870. The van der Waals surface area contributed by atoms with Crippen molar-refractivity contribution in [3.8, 4) is 5.69 Å². The molecule has 1 heterocycles. The van der Waals surface area contributed by atoms with Gasteiger partial charge in [-0.25, -0.2) is 0 Å². The molecule has 0 aliphatic heterocycles. The van der Waals surface area contributed by atoms with Crippen molar-refractivity contribution in [3.05, 3.63) is 38.8 Å². The van der Waals surface area contributed by atoms with Gasteiger partial charge in [0.15, 0.2) is 0 Å². The second kappa shape index (κ2) is 5.41. The summed E-state index contributed by atoms with van der Waals surface area (Å²) in [5.74, 6) is 0.898. The molecule has 1 aromatic heterocycles. The zero-order valence-corrected chi connectivity index (χ0v) is 13.0. The molecule has 96 valence electrons. The van der Waals surface area contributed by atoms with Gasteiger partial charge in [-0.2, -0.15) is 0 Å². The number of nitrogens with zero attached hydrogens (tertiary/aromatic N) is 3. The Morgan fingerprint density at radius 2 is 2.00 bits per heavy atom. The lowest BCUT2D eigenvalue weighted by atomic mass is 10.1. The lowest BCUT2D eigenvalue weighted by Crippen LogP contribution is -2.04. The van der Waals surface area contributed by atoms with E-state index in [9.17, 15) is 0 Å². The van der Waals surface area contributed by atoms with E-state index in [2.05, 4.69) is 59.0 Å². The van der Waals surface area contributed by atoms with E-state index in [1.165, 1.54) is 5.56 Å². The first-order valence-corrected chi connectivity index (χ1v) is 7.08. The molecule has 3 nitrogen and oxygen atoms in total. The monoisotopic (exact) mass is 327 g/mol. The van der Waals surface area contributed by atoms with Crippen LogP contribution in [0.3, 0.4) is 0 Å². The van der Waals surface area contributed by atoms with Gasteiger partial charge in [-0.1, -0.05) is 13.0 Å². The molecule has 0 amide bonds. The van der Waals surface area contributed by atoms with Gasteiger partial charge in [0.05, 0.1) is 5.69 Å². The van der Waals surface area contributed by atoms with Crippen LogP contribution in [0.2, 0.25) is 5.28 Å². The van der Waals surface area contributed by atoms with Crippen LogP contribution < -0.4 is 0 Å². The lowest BCUT2D eigenvalue weighted by Gasteiger charge is -2.13. The second-order valence-corrected chi connectivity index (χ2v) is 5.58. The van der Waals surface area contributed by atoms with Gasteiger partial charge in [-0.3, -0.25) is 4.57 Å². The van der Waals surface area contributed by atoms with Gasteiger partial charge in [0.1, 0.15) is 5.82 Å². The van der Waals surface area contributed by atoms with Crippen LogP contribution in [0.15, 0.2) is 16.6 Å². The van der Waals surface area contributed by atoms with Crippen LogP contribution in [0, 0.1) is 13.8 Å². The number of halogens is 2. The number of hydrogen-bond acceptors (Lipinski definition) is 2. The Morgan fingerprint density at radius 3 is 2.61 bits per heavy atom. The minimum Gasteiger partial charge on any atom is -0.268 e. The standard InChI is InChI=1S/C13H15BrClN3/c1-4-5-11-16-17-13(15)18(11)12-9(3)6-8(2)7-10(12)14/h6-7H,4-5H2,1-3H3. The Morgan fingerprint density at radius 1 is 1.28 bits per heavy atom. The maximum Gasteiger partial charge on any atom is 0.229 e. The quantitative estimate of drug-likeness (QED) is 0.843. The molecule has 0 atom stereocenters. The Bertz CT molecular complexity index is 555. The molecule has 0 bridgehead atoms. The van der Waals surface area contributed by atoms with Crippen LogP contribution in [0.5, 0.6) is 0 Å². The first-order valence-electron chi connectivity index (χ1n) is 5.91. The molecule has 0 saturated carbocycles. The van der Waals surface area contributed by atoms with Gasteiger partial charge in [0.25, 0.3) is 0 Å². The molecule has 2 aromatic rings. The third-order valence-electron chi connectivity index (χ3n) is 2.79. The van der Waals surface area contributed by atoms with E-state index in [1.54, 1.807) is 0 Å². The highest BCUT2D eigenvalue weighted by Gasteiger charge is 2.16. The lowest BCUT2D eigenvalue weighted by molar-refractivity contribution is 0.799. The maximum absolute atomic E-state index is 6.17. The number of aromatic nitrogens is 3. The third-order valence-corrected chi connectivity index (χ3v) is 3.64. The summed E-state index contributed by atoms with van der Waals surface area (Å²) in [6, 6.07) is 4.21. The number of rotatable bonds is 3. The fourth-order valence-corrected chi connectivity index (χ4v) is 3.16. The van der Waals surface area contributed by atoms with Crippen molar-refractivity contribution >= 4 is 27.5 Å². The van der Waals surface area contributed by atoms with Crippen molar-refractivity contribution < 1.29 is 0 Å². The molecule has 18 heavy (non-hydrogen) atoms. The predicted molar refractivity (Wildman–Crippen MR) is 77.5 cm³/mol. The average molecular weight is 329 g/mol. The third kappa shape index (κ3) is 2.45. The zero-order chi connectivity index (χ0) is 13.3. The van der Waals surface area contributed by atoms with E-state index in [-0.39, 0.29) is 0 Å². The van der Waals surface area contributed by atoms with Crippen molar-refractivity contribution in [2.75, 3.05) is 0 Å². The van der Waals surface area contributed by atoms with Crippen molar-refractivity contribution in [1.29, 1.82) is 0 Å². The summed E-state index contributed by atoms with van der Waals surface area (Å²) in [6.45, 7) is 6.26. The highest BCUT2D eigenvalue weighted by Crippen LogP contribution is 2.29. The molecule has 0 unspecified atom stereocenters. The van der Waals surface area contributed by atoms with Crippen LogP contribution in [0.4, 0.5) is 0 Å². The van der Waals surface area contributed by atoms with Gasteiger partial charge in [-0.05, 0) is 65.0 Å². The molecular formula is C13H15BrClN3. The van der Waals surface area contributed by atoms with Gasteiger partial charge < -0.3 is 0 Å². The van der Waals surface area contributed by atoms with E-state index in [0.717, 1.165) is 34.4 Å². The highest BCUT2D eigenvalue weighted by molar-refractivity contribution is 9.10. The molecular weight excluding hydrogens is 314 g/mol. The summed E-state index contributed by atoms with van der Waals surface area (Å²) < 4.78 is 2.93. The van der Waals surface area contributed by atoms with Crippen LogP contribution in [0.25, 0.3) is 5.69 Å². The smallest absolute Gasteiger partial charge is 0.229 e. The summed E-state index contributed by atoms with van der Waals surface area (Å²) in [7, 11) is 0. The summed E-state index contributed by atoms with van der Waals surface area (Å²) in [6.07, 6.45) is 1.87. The second-order valence-electron chi connectivity index (χ2n) is 4.38.